The largest absolute Gasteiger partial charge is 0.480 e. The number of hydrogen-bond acceptors (Lipinski definition) is 4. The van der Waals surface area contributed by atoms with Crippen LogP contribution in [0.4, 0.5) is 0 Å². The van der Waals surface area contributed by atoms with E-state index in [1.54, 1.807) is 19.9 Å². The molecule has 0 aliphatic carbocycles. The van der Waals surface area contributed by atoms with Gasteiger partial charge in [0, 0.05) is 23.3 Å². The Kier molecular flexibility index (Phi) is 3.69. The van der Waals surface area contributed by atoms with Crippen molar-refractivity contribution in [3.63, 3.8) is 0 Å². The zero-order chi connectivity index (χ0) is 14.9. The van der Waals surface area contributed by atoms with Gasteiger partial charge in [0.25, 0.3) is 5.91 Å². The summed E-state index contributed by atoms with van der Waals surface area (Å²) in [6, 6.07) is 1.47. The van der Waals surface area contributed by atoms with E-state index >= 15 is 0 Å². The third-order valence-electron chi connectivity index (χ3n) is 3.04. The topological polar surface area (TPSA) is 99.2 Å². The summed E-state index contributed by atoms with van der Waals surface area (Å²) < 4.78 is 0. The minimum absolute atomic E-state index is 0.209. The quantitative estimate of drug-likeness (QED) is 0.874. The molecule has 0 aliphatic heterocycles. The molecule has 0 radical (unpaired) electrons. The van der Waals surface area contributed by atoms with Gasteiger partial charge in [-0.15, -0.1) is 0 Å². The maximum absolute atomic E-state index is 12.4. The number of rotatable bonds is 4. The number of carbonyl (C=O) groups excluding carboxylic acids is 1. The number of amides is 1. The molecule has 2 aromatic rings. The van der Waals surface area contributed by atoms with Gasteiger partial charge in [0.15, 0.2) is 5.65 Å². The van der Waals surface area contributed by atoms with Gasteiger partial charge < -0.3 is 10.0 Å². The lowest BCUT2D eigenvalue weighted by molar-refractivity contribution is -0.138. The number of H-pyrrole nitrogens is 1. The molecule has 0 atom stereocenters. The Labute approximate surface area is 115 Å². The molecule has 2 N–H and O–H groups in total. The molecule has 2 aromatic heterocycles. The molecule has 20 heavy (non-hydrogen) atoms. The molecule has 0 fully saturated rings. The fourth-order valence-electron chi connectivity index (χ4n) is 1.94. The van der Waals surface area contributed by atoms with Crippen molar-refractivity contribution in [2.45, 2.75) is 26.8 Å². The summed E-state index contributed by atoms with van der Waals surface area (Å²) in [5.74, 6) is -1.39. The van der Waals surface area contributed by atoms with E-state index in [9.17, 15) is 9.59 Å². The first-order valence-corrected chi connectivity index (χ1v) is 6.23. The number of carboxylic acid groups (broad SMARTS) is 1. The number of aryl methyl sites for hydroxylation is 1. The highest BCUT2D eigenvalue weighted by atomic mass is 16.4. The van der Waals surface area contributed by atoms with Gasteiger partial charge in [0.05, 0.1) is 5.56 Å². The molecule has 0 spiro atoms. The number of nitrogens with one attached hydrogen (secondary N) is 1. The lowest BCUT2D eigenvalue weighted by atomic mass is 10.1. The second-order valence-electron chi connectivity index (χ2n) is 4.86. The fraction of sp³-hybridized carbons (Fsp3) is 0.385. The van der Waals surface area contributed by atoms with Gasteiger partial charge >= 0.3 is 5.97 Å². The number of nitrogens with zero attached hydrogens (tertiary/aromatic N) is 3. The molecule has 0 unspecified atom stereocenters. The van der Waals surface area contributed by atoms with Crippen LogP contribution in [0.1, 0.15) is 29.9 Å². The summed E-state index contributed by atoms with van der Waals surface area (Å²) in [7, 11) is 0. The maximum Gasteiger partial charge on any atom is 0.323 e. The van der Waals surface area contributed by atoms with E-state index in [2.05, 4.69) is 15.2 Å². The minimum atomic E-state index is -1.04. The van der Waals surface area contributed by atoms with Crippen LogP contribution in [0.2, 0.25) is 0 Å². The lowest BCUT2D eigenvalue weighted by Crippen LogP contribution is -2.40. The van der Waals surface area contributed by atoms with Gasteiger partial charge in [0.2, 0.25) is 0 Å². The standard InChI is InChI=1S/C13H16N4O3/c1-7(2)17(6-11(18)19)13(20)9-4-10-8(3)15-16-12(10)14-5-9/h4-5,7H,6H2,1-3H3,(H,18,19)(H,14,15,16). The van der Waals surface area contributed by atoms with E-state index in [-0.39, 0.29) is 18.5 Å². The molecule has 0 aliphatic rings. The molecular formula is C13H16N4O3. The van der Waals surface area contributed by atoms with Crippen molar-refractivity contribution in [1.29, 1.82) is 0 Å². The lowest BCUT2D eigenvalue weighted by Gasteiger charge is -2.24. The predicted octanol–water partition coefficient (Wildman–Crippen LogP) is 1.20. The Morgan fingerprint density at radius 3 is 2.75 bits per heavy atom. The fourth-order valence-corrected chi connectivity index (χ4v) is 1.94. The Morgan fingerprint density at radius 1 is 1.45 bits per heavy atom. The van der Waals surface area contributed by atoms with Crippen LogP contribution < -0.4 is 0 Å². The van der Waals surface area contributed by atoms with E-state index in [0.29, 0.717) is 11.2 Å². The maximum atomic E-state index is 12.4. The summed E-state index contributed by atoms with van der Waals surface area (Å²) in [6.07, 6.45) is 1.42. The Hall–Kier alpha value is -2.44. The second-order valence-corrected chi connectivity index (χ2v) is 4.86. The number of hydrogen-bond donors (Lipinski definition) is 2. The van der Waals surface area contributed by atoms with Crippen LogP contribution in [0.5, 0.6) is 0 Å². The van der Waals surface area contributed by atoms with E-state index in [1.807, 2.05) is 6.92 Å². The first kappa shape index (κ1) is 14.0. The monoisotopic (exact) mass is 276 g/mol. The highest BCUT2D eigenvalue weighted by Crippen LogP contribution is 2.16. The van der Waals surface area contributed by atoms with E-state index < -0.39 is 5.97 Å². The highest BCUT2D eigenvalue weighted by Gasteiger charge is 2.22. The summed E-state index contributed by atoms with van der Waals surface area (Å²) in [6.45, 7) is 5.05. The predicted molar refractivity (Wildman–Crippen MR) is 72.4 cm³/mol. The highest BCUT2D eigenvalue weighted by molar-refractivity contribution is 5.98. The van der Waals surface area contributed by atoms with Crippen molar-refractivity contribution in [2.24, 2.45) is 0 Å². The van der Waals surface area contributed by atoms with Crippen LogP contribution in [0, 0.1) is 6.92 Å². The second kappa shape index (κ2) is 5.28. The molecule has 0 saturated heterocycles. The molecule has 0 aromatic carbocycles. The van der Waals surface area contributed by atoms with Crippen molar-refractivity contribution in [3.05, 3.63) is 23.5 Å². The molecule has 2 rings (SSSR count). The summed E-state index contributed by atoms with van der Waals surface area (Å²) >= 11 is 0. The van der Waals surface area contributed by atoms with Crippen molar-refractivity contribution < 1.29 is 14.7 Å². The number of carboxylic acids is 1. The third-order valence-corrected chi connectivity index (χ3v) is 3.04. The van der Waals surface area contributed by atoms with Crippen molar-refractivity contribution in [2.75, 3.05) is 6.54 Å². The van der Waals surface area contributed by atoms with Crippen LogP contribution in [0.3, 0.4) is 0 Å². The van der Waals surface area contributed by atoms with Gasteiger partial charge in [-0.25, -0.2) is 4.98 Å². The van der Waals surface area contributed by atoms with Gasteiger partial charge in [-0.3, -0.25) is 14.7 Å². The number of aliphatic carboxylic acids is 1. The van der Waals surface area contributed by atoms with Gasteiger partial charge in [0.1, 0.15) is 6.54 Å². The number of pyridine rings is 1. The molecular weight excluding hydrogens is 260 g/mol. The summed E-state index contributed by atoms with van der Waals surface area (Å²) in [5, 5.41) is 16.4. The summed E-state index contributed by atoms with van der Waals surface area (Å²) in [5.41, 5.74) is 1.71. The summed E-state index contributed by atoms with van der Waals surface area (Å²) in [4.78, 5) is 28.6. The number of carbonyl (C=O) groups is 2. The first-order valence-electron chi connectivity index (χ1n) is 6.23. The van der Waals surface area contributed by atoms with E-state index in [4.69, 9.17) is 5.11 Å². The number of aromatic amines is 1. The number of fused-ring (bicyclic) bond motifs is 1. The van der Waals surface area contributed by atoms with Crippen molar-refractivity contribution >= 4 is 22.9 Å². The van der Waals surface area contributed by atoms with Crippen LogP contribution in [0.15, 0.2) is 12.3 Å². The zero-order valence-corrected chi connectivity index (χ0v) is 11.5. The Morgan fingerprint density at radius 2 is 2.15 bits per heavy atom. The average Bonchev–Trinajstić information content (AvgIpc) is 2.76. The normalized spacial score (nSPS) is 11.0. The van der Waals surface area contributed by atoms with E-state index in [0.717, 1.165) is 11.1 Å². The molecule has 0 bridgehead atoms. The van der Waals surface area contributed by atoms with Crippen molar-refractivity contribution in [3.8, 4) is 0 Å². The van der Waals surface area contributed by atoms with Gasteiger partial charge in [-0.05, 0) is 26.8 Å². The number of aromatic nitrogens is 3. The van der Waals surface area contributed by atoms with Crippen molar-refractivity contribution in [1.82, 2.24) is 20.1 Å². The molecule has 1 amide bonds. The SMILES string of the molecule is Cc1[nH]nc2ncc(C(=O)N(CC(=O)O)C(C)C)cc12. The Bertz CT molecular complexity index is 663. The molecule has 7 nitrogen and oxygen atoms in total. The first-order chi connectivity index (χ1) is 9.40. The van der Waals surface area contributed by atoms with Crippen LogP contribution in [-0.2, 0) is 4.79 Å². The molecule has 2 heterocycles. The molecule has 7 heteroatoms. The van der Waals surface area contributed by atoms with Crippen LogP contribution >= 0.6 is 0 Å². The smallest absolute Gasteiger partial charge is 0.323 e. The van der Waals surface area contributed by atoms with Gasteiger partial charge in [-0.1, -0.05) is 0 Å². The Balaban J connectivity index is 2.37. The minimum Gasteiger partial charge on any atom is -0.480 e. The van der Waals surface area contributed by atoms with E-state index in [1.165, 1.54) is 11.1 Å². The zero-order valence-electron chi connectivity index (χ0n) is 11.5. The van der Waals surface area contributed by atoms with Crippen LogP contribution in [-0.4, -0.2) is 49.7 Å². The average molecular weight is 276 g/mol. The van der Waals surface area contributed by atoms with Gasteiger partial charge in [-0.2, -0.15) is 5.10 Å². The van der Waals surface area contributed by atoms with Crippen LogP contribution in [0.25, 0.3) is 11.0 Å². The molecule has 0 saturated carbocycles. The third kappa shape index (κ3) is 2.61. The molecule has 106 valence electrons.